The van der Waals surface area contributed by atoms with E-state index in [0.717, 1.165) is 19.0 Å². The molecule has 0 bridgehead atoms. The Labute approximate surface area is 91.1 Å². The van der Waals surface area contributed by atoms with E-state index in [1.54, 1.807) is 6.33 Å². The summed E-state index contributed by atoms with van der Waals surface area (Å²) in [6.07, 6.45) is 5.93. The van der Waals surface area contributed by atoms with Crippen LogP contribution in [0.15, 0.2) is 12.5 Å². The number of hydrogen-bond acceptors (Lipinski definition) is 3. The van der Waals surface area contributed by atoms with E-state index < -0.39 is 0 Å². The van der Waals surface area contributed by atoms with Gasteiger partial charge in [-0.15, -0.1) is 0 Å². The molecule has 1 saturated heterocycles. The molecule has 0 radical (unpaired) electrons. The lowest BCUT2D eigenvalue weighted by Crippen LogP contribution is -2.33. The molecule has 2 rings (SSSR count). The van der Waals surface area contributed by atoms with Gasteiger partial charge in [0.05, 0.1) is 6.33 Å². The highest BCUT2D eigenvalue weighted by atomic mass is 15.2. The van der Waals surface area contributed by atoms with Crippen molar-refractivity contribution < 1.29 is 0 Å². The van der Waals surface area contributed by atoms with E-state index in [9.17, 15) is 0 Å². The monoisotopic (exact) mass is 208 g/mol. The van der Waals surface area contributed by atoms with Gasteiger partial charge in [0.2, 0.25) is 0 Å². The van der Waals surface area contributed by atoms with E-state index in [-0.39, 0.29) is 0 Å². The van der Waals surface area contributed by atoms with Crippen molar-refractivity contribution in [2.24, 2.45) is 0 Å². The van der Waals surface area contributed by atoms with Gasteiger partial charge in [0.25, 0.3) is 0 Å². The first-order valence-corrected chi connectivity index (χ1v) is 5.66. The summed E-state index contributed by atoms with van der Waals surface area (Å²) >= 11 is 0. The predicted molar refractivity (Wildman–Crippen MR) is 60.8 cm³/mol. The summed E-state index contributed by atoms with van der Waals surface area (Å²) in [5.74, 6) is 0. The number of likely N-dealkylation sites (N-methyl/N-ethyl adjacent to an activating group) is 1. The highest BCUT2D eigenvalue weighted by Crippen LogP contribution is 2.14. The molecule has 2 unspecified atom stereocenters. The van der Waals surface area contributed by atoms with Gasteiger partial charge < -0.3 is 15.2 Å². The normalized spacial score (nSPS) is 27.3. The zero-order valence-corrected chi connectivity index (χ0v) is 9.53. The third-order valence-electron chi connectivity index (χ3n) is 3.27. The van der Waals surface area contributed by atoms with E-state index in [0.29, 0.717) is 6.04 Å². The number of likely N-dealkylation sites (tertiary alicyclic amines) is 1. The van der Waals surface area contributed by atoms with Crippen LogP contribution in [-0.4, -0.2) is 47.1 Å². The second-order valence-corrected chi connectivity index (χ2v) is 4.50. The topological polar surface area (TPSA) is 44.0 Å². The fraction of sp³-hybridized carbons (Fsp3) is 0.727. The first kappa shape index (κ1) is 10.6. The minimum Gasteiger partial charge on any atom is -0.348 e. The maximum Gasteiger partial charge on any atom is 0.0921 e. The first-order chi connectivity index (χ1) is 7.25. The zero-order chi connectivity index (χ0) is 10.7. The van der Waals surface area contributed by atoms with Crippen molar-refractivity contribution in [2.45, 2.75) is 31.8 Å². The molecule has 1 aromatic heterocycles. The minimum absolute atomic E-state index is 0.660. The highest BCUT2D eigenvalue weighted by molar-refractivity contribution is 4.95. The minimum atomic E-state index is 0.660. The van der Waals surface area contributed by atoms with Crippen molar-refractivity contribution in [3.8, 4) is 0 Å². The van der Waals surface area contributed by atoms with Gasteiger partial charge in [-0.25, -0.2) is 4.98 Å². The van der Waals surface area contributed by atoms with Crippen LogP contribution in [0.2, 0.25) is 0 Å². The maximum absolute atomic E-state index is 4.01. The van der Waals surface area contributed by atoms with Crippen LogP contribution in [0.5, 0.6) is 0 Å². The summed E-state index contributed by atoms with van der Waals surface area (Å²) in [7, 11) is 2.20. The van der Waals surface area contributed by atoms with Crippen molar-refractivity contribution in [3.63, 3.8) is 0 Å². The molecular formula is C11H20N4. The molecule has 2 heterocycles. The van der Waals surface area contributed by atoms with Crippen LogP contribution in [0.3, 0.4) is 0 Å². The lowest BCUT2D eigenvalue weighted by atomic mass is 10.2. The van der Waals surface area contributed by atoms with Crippen LogP contribution in [0.4, 0.5) is 0 Å². The zero-order valence-electron chi connectivity index (χ0n) is 9.53. The lowest BCUT2D eigenvalue weighted by molar-refractivity contribution is 0.327. The largest absolute Gasteiger partial charge is 0.348 e. The average molecular weight is 208 g/mol. The van der Waals surface area contributed by atoms with Crippen molar-refractivity contribution >= 4 is 0 Å². The molecule has 1 fully saturated rings. The Hall–Kier alpha value is -0.870. The summed E-state index contributed by atoms with van der Waals surface area (Å²) < 4.78 is 0. The number of nitrogens with one attached hydrogen (secondary N) is 2. The van der Waals surface area contributed by atoms with Gasteiger partial charge in [-0.05, 0) is 20.4 Å². The molecule has 4 heteroatoms. The second-order valence-electron chi connectivity index (χ2n) is 4.50. The van der Waals surface area contributed by atoms with E-state index >= 15 is 0 Å². The number of imidazole rings is 1. The quantitative estimate of drug-likeness (QED) is 0.763. The van der Waals surface area contributed by atoms with Crippen molar-refractivity contribution in [1.82, 2.24) is 20.2 Å². The SMILES string of the molecule is CC1CC(NCCc2cnc[nH]2)CN1C. The van der Waals surface area contributed by atoms with Crippen molar-refractivity contribution in [1.29, 1.82) is 0 Å². The maximum atomic E-state index is 4.01. The lowest BCUT2D eigenvalue weighted by Gasteiger charge is -2.13. The van der Waals surface area contributed by atoms with Crippen molar-refractivity contribution in [3.05, 3.63) is 18.2 Å². The Kier molecular flexibility index (Phi) is 3.38. The molecule has 15 heavy (non-hydrogen) atoms. The smallest absolute Gasteiger partial charge is 0.0921 e. The average Bonchev–Trinajstić information content (AvgIpc) is 2.79. The fourth-order valence-electron chi connectivity index (χ4n) is 2.17. The molecule has 0 aliphatic carbocycles. The standard InChI is InChI=1S/C11H20N4/c1-9-5-11(7-15(9)2)13-4-3-10-6-12-8-14-10/h6,8-9,11,13H,3-5,7H2,1-2H3,(H,12,14). The Morgan fingerprint density at radius 3 is 3.13 bits per heavy atom. The number of aromatic amines is 1. The Morgan fingerprint density at radius 1 is 1.67 bits per heavy atom. The van der Waals surface area contributed by atoms with Gasteiger partial charge in [-0.1, -0.05) is 0 Å². The number of nitrogens with zero attached hydrogens (tertiary/aromatic N) is 2. The molecule has 0 amide bonds. The summed E-state index contributed by atoms with van der Waals surface area (Å²) in [6, 6.07) is 1.38. The molecule has 4 nitrogen and oxygen atoms in total. The van der Waals surface area contributed by atoms with Crippen LogP contribution in [0.25, 0.3) is 0 Å². The van der Waals surface area contributed by atoms with Gasteiger partial charge in [0.1, 0.15) is 0 Å². The van der Waals surface area contributed by atoms with Gasteiger partial charge in [-0.3, -0.25) is 0 Å². The Bertz CT molecular complexity index is 273. The third kappa shape index (κ3) is 2.79. The summed E-state index contributed by atoms with van der Waals surface area (Å²) in [6.45, 7) is 4.49. The van der Waals surface area contributed by atoms with Crippen LogP contribution in [0, 0.1) is 0 Å². The molecular weight excluding hydrogens is 188 g/mol. The summed E-state index contributed by atoms with van der Waals surface area (Å²) in [5, 5.41) is 3.59. The molecule has 84 valence electrons. The summed E-state index contributed by atoms with van der Waals surface area (Å²) in [4.78, 5) is 9.53. The summed E-state index contributed by atoms with van der Waals surface area (Å²) in [5.41, 5.74) is 1.21. The van der Waals surface area contributed by atoms with E-state index in [4.69, 9.17) is 0 Å². The first-order valence-electron chi connectivity index (χ1n) is 5.66. The third-order valence-corrected chi connectivity index (χ3v) is 3.27. The van der Waals surface area contributed by atoms with Crippen LogP contribution < -0.4 is 5.32 Å². The van der Waals surface area contributed by atoms with Crippen LogP contribution in [-0.2, 0) is 6.42 Å². The van der Waals surface area contributed by atoms with Gasteiger partial charge >= 0.3 is 0 Å². The van der Waals surface area contributed by atoms with E-state index in [2.05, 4.69) is 34.2 Å². The molecule has 1 aliphatic rings. The van der Waals surface area contributed by atoms with Crippen molar-refractivity contribution in [2.75, 3.05) is 20.1 Å². The molecule has 1 aliphatic heterocycles. The number of rotatable bonds is 4. The van der Waals surface area contributed by atoms with Gasteiger partial charge in [0, 0.05) is 43.5 Å². The molecule has 0 spiro atoms. The molecule has 0 saturated carbocycles. The molecule has 0 aromatic carbocycles. The van der Waals surface area contributed by atoms with Gasteiger partial charge in [0.15, 0.2) is 0 Å². The predicted octanol–water partition coefficient (Wildman–Crippen LogP) is 0.634. The Balaban J connectivity index is 1.67. The molecule has 2 atom stereocenters. The number of hydrogen-bond donors (Lipinski definition) is 2. The van der Waals surface area contributed by atoms with Gasteiger partial charge in [-0.2, -0.15) is 0 Å². The van der Waals surface area contributed by atoms with Crippen LogP contribution >= 0.6 is 0 Å². The molecule has 2 N–H and O–H groups in total. The fourth-order valence-corrected chi connectivity index (χ4v) is 2.17. The highest BCUT2D eigenvalue weighted by Gasteiger charge is 2.25. The number of aromatic nitrogens is 2. The van der Waals surface area contributed by atoms with E-state index in [1.165, 1.54) is 18.7 Å². The van der Waals surface area contributed by atoms with Crippen LogP contribution in [0.1, 0.15) is 19.0 Å². The Morgan fingerprint density at radius 2 is 2.53 bits per heavy atom. The van der Waals surface area contributed by atoms with E-state index in [1.807, 2.05) is 6.20 Å². The number of H-pyrrole nitrogens is 1. The second kappa shape index (κ2) is 4.77. The molecule has 1 aromatic rings.